The van der Waals surface area contributed by atoms with Crippen LogP contribution in [0.3, 0.4) is 0 Å². The van der Waals surface area contributed by atoms with Crippen LogP contribution in [0, 0.1) is 0 Å². The van der Waals surface area contributed by atoms with Gasteiger partial charge in [0.15, 0.2) is 0 Å². The van der Waals surface area contributed by atoms with Gasteiger partial charge in [0.1, 0.15) is 0 Å². The third kappa shape index (κ3) is 5.11. The van der Waals surface area contributed by atoms with Crippen LogP contribution in [0.25, 0.3) is 0 Å². The first-order chi connectivity index (χ1) is 6.24. The van der Waals surface area contributed by atoms with Crippen LogP contribution in [0.4, 0.5) is 0 Å². The topological polar surface area (TPSA) is 0 Å². The van der Waals surface area contributed by atoms with Crippen molar-refractivity contribution in [1.82, 2.24) is 0 Å². The Morgan fingerprint density at radius 1 is 0.538 bits per heavy atom. The van der Waals surface area contributed by atoms with Crippen molar-refractivity contribution in [3.63, 3.8) is 0 Å². The molecule has 0 N–H and O–H groups in total. The number of hydrogen-bond acceptors (Lipinski definition) is 0. The molecule has 0 rings (SSSR count). The van der Waals surface area contributed by atoms with Crippen molar-refractivity contribution >= 4 is 13.6 Å². The maximum absolute atomic E-state index is 2.37. The van der Waals surface area contributed by atoms with Crippen LogP contribution >= 0.6 is 0 Å². The molecule has 0 aliphatic heterocycles. The van der Waals surface area contributed by atoms with E-state index in [4.69, 9.17) is 0 Å². The second kappa shape index (κ2) is 7.92. The zero-order valence-electron chi connectivity index (χ0n) is 10.1. The predicted molar refractivity (Wildman–Crippen MR) is 66.1 cm³/mol. The molecule has 0 aromatic carbocycles. The molecule has 0 nitrogen and oxygen atoms in total. The fourth-order valence-corrected chi connectivity index (χ4v) is 13.3. The Hall–Kier alpha value is 0.558. The van der Waals surface area contributed by atoms with Crippen LogP contribution in [0.15, 0.2) is 0 Å². The van der Waals surface area contributed by atoms with E-state index in [0.717, 1.165) is 0 Å². The van der Waals surface area contributed by atoms with E-state index in [0.29, 0.717) is 0 Å². The van der Waals surface area contributed by atoms with E-state index < -0.39 is 13.6 Å². The quantitative estimate of drug-likeness (QED) is 0.525. The first-order valence-corrected chi connectivity index (χ1v) is 11.4. The molecular weight excluding hydrogens is 219 g/mol. The maximum atomic E-state index is 2.37. The van der Waals surface area contributed by atoms with Crippen LogP contribution < -0.4 is 0 Å². The first kappa shape index (κ1) is 13.6. The molecule has 0 unspecified atom stereocenters. The molecule has 0 spiro atoms. The number of rotatable bonds is 8. The Bertz CT molecular complexity index is 80.2. The van der Waals surface area contributed by atoms with Crippen molar-refractivity contribution in [2.45, 2.75) is 74.2 Å². The van der Waals surface area contributed by atoms with E-state index in [1.807, 2.05) is 0 Å². The SMILES string of the molecule is CCC[As+](CCC)(CCC)CCC. The fourth-order valence-electron chi connectivity index (χ4n) is 2.57. The van der Waals surface area contributed by atoms with Crippen LogP contribution in [-0.2, 0) is 0 Å². The second-order valence-corrected chi connectivity index (χ2v) is 13.6. The summed E-state index contributed by atoms with van der Waals surface area (Å²) in [6, 6.07) is 0. The average molecular weight is 247 g/mol. The number of hydrogen-bond donors (Lipinski definition) is 0. The fraction of sp³-hybridized carbons (Fsp3) is 1.00. The summed E-state index contributed by atoms with van der Waals surface area (Å²) in [6.45, 7) is 9.49. The Morgan fingerprint density at radius 3 is 0.923 bits per heavy atom. The third-order valence-electron chi connectivity index (χ3n) is 2.79. The van der Waals surface area contributed by atoms with E-state index in [1.54, 1.807) is 20.8 Å². The molecule has 13 heavy (non-hydrogen) atoms. The predicted octanol–water partition coefficient (Wildman–Crippen LogP) is 5.08. The Morgan fingerprint density at radius 2 is 0.769 bits per heavy atom. The van der Waals surface area contributed by atoms with Gasteiger partial charge in [-0.05, 0) is 0 Å². The van der Waals surface area contributed by atoms with Gasteiger partial charge in [0.05, 0.1) is 0 Å². The molecule has 0 heterocycles. The molecule has 0 atom stereocenters. The summed E-state index contributed by atoms with van der Waals surface area (Å²) in [7, 11) is 0. The molecule has 80 valence electrons. The molecule has 0 saturated carbocycles. The summed E-state index contributed by atoms with van der Waals surface area (Å²) in [5.41, 5.74) is 0. The van der Waals surface area contributed by atoms with E-state index in [1.165, 1.54) is 25.7 Å². The molecule has 0 aliphatic rings. The van der Waals surface area contributed by atoms with Gasteiger partial charge < -0.3 is 0 Å². The molecule has 0 aromatic heterocycles. The Balaban J connectivity index is 4.19. The molecule has 0 saturated heterocycles. The van der Waals surface area contributed by atoms with Gasteiger partial charge in [0.2, 0.25) is 0 Å². The zero-order chi connectivity index (χ0) is 10.2. The van der Waals surface area contributed by atoms with Gasteiger partial charge in [-0.15, -0.1) is 0 Å². The van der Waals surface area contributed by atoms with Crippen LogP contribution in [0.5, 0.6) is 0 Å². The van der Waals surface area contributed by atoms with Gasteiger partial charge in [0.25, 0.3) is 0 Å². The summed E-state index contributed by atoms with van der Waals surface area (Å²) in [5, 5.41) is 6.48. The summed E-state index contributed by atoms with van der Waals surface area (Å²) >= 11 is -1.15. The second-order valence-electron chi connectivity index (χ2n) is 4.24. The van der Waals surface area contributed by atoms with E-state index in [2.05, 4.69) is 27.7 Å². The van der Waals surface area contributed by atoms with Gasteiger partial charge in [0, 0.05) is 0 Å². The van der Waals surface area contributed by atoms with E-state index >= 15 is 0 Å². The van der Waals surface area contributed by atoms with Gasteiger partial charge in [-0.2, -0.15) is 0 Å². The normalized spacial score (nSPS) is 12.0. The summed E-state index contributed by atoms with van der Waals surface area (Å²) in [5.74, 6) is 0. The average Bonchev–Trinajstić information content (AvgIpc) is 2.06. The van der Waals surface area contributed by atoms with E-state index in [9.17, 15) is 0 Å². The minimum absolute atomic E-state index is 1.15. The van der Waals surface area contributed by atoms with E-state index in [-0.39, 0.29) is 0 Å². The zero-order valence-corrected chi connectivity index (χ0v) is 12.0. The monoisotopic (exact) mass is 247 g/mol. The third-order valence-corrected chi connectivity index (χ3v) is 14.5. The van der Waals surface area contributed by atoms with Crippen molar-refractivity contribution in [3.8, 4) is 0 Å². The Labute approximate surface area is 87.9 Å². The van der Waals surface area contributed by atoms with Crippen molar-refractivity contribution in [1.29, 1.82) is 0 Å². The van der Waals surface area contributed by atoms with Crippen LogP contribution in [-0.4, -0.2) is 13.6 Å². The molecule has 1 heteroatoms. The van der Waals surface area contributed by atoms with Gasteiger partial charge in [-0.1, -0.05) is 0 Å². The van der Waals surface area contributed by atoms with Gasteiger partial charge in [-0.25, -0.2) is 0 Å². The molecule has 0 amide bonds. The van der Waals surface area contributed by atoms with Crippen molar-refractivity contribution in [3.05, 3.63) is 0 Å². The molecule has 0 bridgehead atoms. The van der Waals surface area contributed by atoms with Crippen LogP contribution in [0.2, 0.25) is 20.8 Å². The molecule has 0 radical (unpaired) electrons. The van der Waals surface area contributed by atoms with Crippen molar-refractivity contribution < 1.29 is 0 Å². The van der Waals surface area contributed by atoms with Crippen molar-refractivity contribution in [2.75, 3.05) is 0 Å². The molecule has 0 aliphatic carbocycles. The summed E-state index contributed by atoms with van der Waals surface area (Å²) < 4.78 is 0. The van der Waals surface area contributed by atoms with Gasteiger partial charge in [-0.3, -0.25) is 0 Å². The first-order valence-electron chi connectivity index (χ1n) is 6.09. The van der Waals surface area contributed by atoms with Gasteiger partial charge >= 0.3 is 87.8 Å². The Kier molecular flexibility index (Phi) is 8.26. The standard InChI is InChI=1S/C12H28As/c1-5-9-13(10-6-2,11-7-3)12-8-4/h5-12H2,1-4H3/q+1. The molecular formula is C12H28As+. The van der Waals surface area contributed by atoms with Crippen molar-refractivity contribution in [2.24, 2.45) is 0 Å². The summed E-state index contributed by atoms with van der Waals surface area (Å²) in [4.78, 5) is 0. The minimum atomic E-state index is -1.15. The summed E-state index contributed by atoms with van der Waals surface area (Å²) in [6.07, 6.45) is 5.75. The molecule has 0 fully saturated rings. The van der Waals surface area contributed by atoms with Crippen LogP contribution in [0.1, 0.15) is 53.4 Å². The molecule has 0 aromatic rings.